The molecule has 6 rings (SSSR count). The molecule has 1 atom stereocenters. The van der Waals surface area contributed by atoms with Gasteiger partial charge in [-0.1, -0.05) is 42.5 Å². The molecule has 3 aliphatic rings. The minimum absolute atomic E-state index is 0.0922. The SMILES string of the molecule is COC(=O)N1CCC(CN2C(=O)C3(CN(C(=O)OC)C3)N=C2c2ccc(-c3ccc4cccnc4c3)cc2)C1. The number of pyridine rings is 1. The molecule has 0 aliphatic carbocycles. The Hall–Kier alpha value is -4.47. The summed E-state index contributed by atoms with van der Waals surface area (Å²) >= 11 is 0. The van der Waals surface area contributed by atoms with Crippen LogP contribution in [0.2, 0.25) is 0 Å². The third kappa shape index (κ3) is 4.35. The van der Waals surface area contributed by atoms with Crippen LogP contribution in [-0.2, 0) is 14.3 Å². The minimum atomic E-state index is -1.01. The Balaban J connectivity index is 1.27. The second-order valence-electron chi connectivity index (χ2n) is 10.3. The van der Waals surface area contributed by atoms with E-state index in [1.54, 1.807) is 16.0 Å². The van der Waals surface area contributed by atoms with Crippen LogP contribution in [0.5, 0.6) is 0 Å². The highest BCUT2D eigenvalue weighted by Crippen LogP contribution is 2.36. The fourth-order valence-electron chi connectivity index (χ4n) is 5.69. The average Bonchev–Trinajstić information content (AvgIpc) is 3.54. The second kappa shape index (κ2) is 9.68. The van der Waals surface area contributed by atoms with Crippen molar-refractivity contribution >= 4 is 34.8 Å². The predicted octanol–water partition coefficient (Wildman–Crippen LogP) is 3.40. The number of hydrogen-bond donors (Lipinski definition) is 0. The monoisotopic (exact) mass is 527 g/mol. The summed E-state index contributed by atoms with van der Waals surface area (Å²) in [4.78, 5) is 52.0. The lowest BCUT2D eigenvalue weighted by Gasteiger charge is -2.43. The molecule has 39 heavy (non-hydrogen) atoms. The first-order valence-corrected chi connectivity index (χ1v) is 12.9. The number of carbonyl (C=O) groups excluding carboxylic acids is 3. The first-order chi connectivity index (χ1) is 18.9. The zero-order valence-electron chi connectivity index (χ0n) is 21.9. The summed E-state index contributed by atoms with van der Waals surface area (Å²) < 4.78 is 9.69. The van der Waals surface area contributed by atoms with Gasteiger partial charge in [-0.15, -0.1) is 0 Å². The molecule has 3 aromatic rings. The van der Waals surface area contributed by atoms with Crippen molar-refractivity contribution in [3.05, 3.63) is 66.4 Å². The van der Waals surface area contributed by atoms with E-state index in [9.17, 15) is 14.4 Å². The van der Waals surface area contributed by atoms with Gasteiger partial charge in [0.25, 0.3) is 5.91 Å². The molecule has 2 fully saturated rings. The number of hydrogen-bond acceptors (Lipinski definition) is 7. The molecular weight excluding hydrogens is 498 g/mol. The molecule has 1 spiro atoms. The molecule has 1 aromatic heterocycles. The molecule has 2 aromatic carbocycles. The van der Waals surface area contributed by atoms with E-state index in [4.69, 9.17) is 14.5 Å². The van der Waals surface area contributed by atoms with E-state index >= 15 is 0 Å². The summed E-state index contributed by atoms with van der Waals surface area (Å²) in [7, 11) is 2.70. The molecule has 0 radical (unpaired) electrons. The van der Waals surface area contributed by atoms with Crippen LogP contribution < -0.4 is 0 Å². The van der Waals surface area contributed by atoms with Crippen LogP contribution in [0.3, 0.4) is 0 Å². The number of benzene rings is 2. The Labute approximate surface area is 225 Å². The van der Waals surface area contributed by atoms with E-state index in [1.807, 2.05) is 36.4 Å². The van der Waals surface area contributed by atoms with Gasteiger partial charge in [-0.05, 0) is 35.6 Å². The molecule has 10 heteroatoms. The fourth-order valence-corrected chi connectivity index (χ4v) is 5.69. The van der Waals surface area contributed by atoms with Crippen molar-refractivity contribution in [3.8, 4) is 11.1 Å². The Morgan fingerprint density at radius 1 is 0.949 bits per heavy atom. The molecule has 4 heterocycles. The maximum Gasteiger partial charge on any atom is 0.409 e. The third-order valence-electron chi connectivity index (χ3n) is 7.80. The van der Waals surface area contributed by atoms with E-state index in [2.05, 4.69) is 23.2 Å². The molecule has 200 valence electrons. The number of aromatic nitrogens is 1. The van der Waals surface area contributed by atoms with Gasteiger partial charge in [-0.3, -0.25) is 14.7 Å². The number of ether oxygens (including phenoxy) is 2. The highest BCUT2D eigenvalue weighted by Gasteiger charge is 2.58. The Morgan fingerprint density at radius 3 is 2.38 bits per heavy atom. The van der Waals surface area contributed by atoms with Crippen molar-refractivity contribution in [2.45, 2.75) is 12.0 Å². The van der Waals surface area contributed by atoms with Crippen LogP contribution in [0, 0.1) is 5.92 Å². The van der Waals surface area contributed by atoms with Crippen LogP contribution in [-0.4, -0.2) is 96.1 Å². The van der Waals surface area contributed by atoms with Crippen LogP contribution >= 0.6 is 0 Å². The smallest absolute Gasteiger partial charge is 0.409 e. The van der Waals surface area contributed by atoms with E-state index in [1.165, 1.54) is 19.1 Å². The van der Waals surface area contributed by atoms with E-state index in [-0.39, 0.29) is 31.0 Å². The number of carbonyl (C=O) groups is 3. The first kappa shape index (κ1) is 24.8. The quantitative estimate of drug-likeness (QED) is 0.515. The molecule has 3 amide bonds. The van der Waals surface area contributed by atoms with Gasteiger partial charge in [0.1, 0.15) is 5.84 Å². The summed E-state index contributed by atoms with van der Waals surface area (Å²) in [5.41, 5.74) is 2.82. The predicted molar refractivity (Wildman–Crippen MR) is 144 cm³/mol. The van der Waals surface area contributed by atoms with Crippen LogP contribution in [0.4, 0.5) is 9.59 Å². The van der Waals surface area contributed by atoms with E-state index < -0.39 is 11.6 Å². The highest BCUT2D eigenvalue weighted by atomic mass is 16.5. The first-order valence-electron chi connectivity index (χ1n) is 12.9. The largest absolute Gasteiger partial charge is 0.453 e. The Kier molecular flexibility index (Phi) is 6.17. The standard InChI is InChI=1S/C29H29N5O5/c1-38-27(36)32-13-11-19(15-32)16-34-25(31-29(26(34)35)17-33(18-29)28(37)39-2)22-8-5-20(6-9-22)23-10-7-21-4-3-12-30-24(21)14-23/h3-10,12,14,19H,11,13,15-18H2,1-2H3. The zero-order valence-corrected chi connectivity index (χ0v) is 21.9. The highest BCUT2D eigenvalue weighted by molar-refractivity contribution is 6.16. The van der Waals surface area contributed by atoms with Gasteiger partial charge >= 0.3 is 12.2 Å². The zero-order chi connectivity index (χ0) is 27.1. The van der Waals surface area contributed by atoms with Gasteiger partial charge in [-0.2, -0.15) is 0 Å². The molecule has 3 aliphatic heterocycles. The maximum atomic E-state index is 13.7. The van der Waals surface area contributed by atoms with Crippen molar-refractivity contribution in [1.29, 1.82) is 0 Å². The van der Waals surface area contributed by atoms with Gasteiger partial charge in [0, 0.05) is 36.8 Å². The Bertz CT molecular complexity index is 1480. The topological polar surface area (TPSA) is 105 Å². The van der Waals surface area contributed by atoms with Crippen molar-refractivity contribution in [2.24, 2.45) is 10.9 Å². The number of rotatable bonds is 4. The summed E-state index contributed by atoms with van der Waals surface area (Å²) in [6, 6.07) is 18.1. The molecule has 0 N–H and O–H groups in total. The molecule has 1 unspecified atom stereocenters. The van der Waals surface area contributed by atoms with E-state index in [0.717, 1.165) is 34.0 Å². The molecule has 2 saturated heterocycles. The summed E-state index contributed by atoms with van der Waals surface area (Å²) in [6.07, 6.45) is 1.72. The molecule has 10 nitrogen and oxygen atoms in total. The van der Waals surface area contributed by atoms with Crippen LogP contribution in [0.15, 0.2) is 65.8 Å². The van der Waals surface area contributed by atoms with Crippen LogP contribution in [0.25, 0.3) is 22.0 Å². The van der Waals surface area contributed by atoms with Crippen molar-refractivity contribution in [1.82, 2.24) is 19.7 Å². The number of methoxy groups -OCH3 is 2. The third-order valence-corrected chi connectivity index (χ3v) is 7.80. The lowest BCUT2D eigenvalue weighted by molar-refractivity contribution is -0.136. The number of amidine groups is 1. The fraction of sp³-hybridized carbons (Fsp3) is 0.345. The van der Waals surface area contributed by atoms with Gasteiger partial charge in [0.05, 0.1) is 32.8 Å². The normalized spacial score (nSPS) is 19.8. The van der Waals surface area contributed by atoms with Gasteiger partial charge < -0.3 is 19.3 Å². The summed E-state index contributed by atoms with van der Waals surface area (Å²) in [6.45, 7) is 1.89. The number of amides is 3. The average molecular weight is 528 g/mol. The number of fused-ring (bicyclic) bond motifs is 1. The summed E-state index contributed by atoms with van der Waals surface area (Å²) in [5, 5.41) is 1.08. The van der Waals surface area contributed by atoms with Crippen molar-refractivity contribution in [3.63, 3.8) is 0 Å². The van der Waals surface area contributed by atoms with Crippen LogP contribution in [0.1, 0.15) is 12.0 Å². The van der Waals surface area contributed by atoms with Crippen molar-refractivity contribution in [2.75, 3.05) is 46.9 Å². The second-order valence-corrected chi connectivity index (χ2v) is 10.3. The Morgan fingerprint density at radius 2 is 1.64 bits per heavy atom. The lowest BCUT2D eigenvalue weighted by Crippen LogP contribution is -2.66. The minimum Gasteiger partial charge on any atom is -0.453 e. The summed E-state index contributed by atoms with van der Waals surface area (Å²) in [5.74, 6) is 0.557. The molecule has 0 bridgehead atoms. The van der Waals surface area contributed by atoms with Gasteiger partial charge in [0.15, 0.2) is 5.54 Å². The maximum absolute atomic E-state index is 13.7. The molecule has 0 saturated carbocycles. The lowest BCUT2D eigenvalue weighted by atomic mass is 9.90. The molecular formula is C29H29N5O5. The van der Waals surface area contributed by atoms with E-state index in [0.29, 0.717) is 25.5 Å². The van der Waals surface area contributed by atoms with Crippen molar-refractivity contribution < 1.29 is 23.9 Å². The number of nitrogens with zero attached hydrogens (tertiary/aromatic N) is 5. The number of aliphatic imine (C=N–C) groups is 1. The number of likely N-dealkylation sites (tertiary alicyclic amines) is 2. The van der Waals surface area contributed by atoms with Gasteiger partial charge in [0.2, 0.25) is 0 Å². The van der Waals surface area contributed by atoms with Gasteiger partial charge in [-0.25, -0.2) is 14.6 Å².